The minimum atomic E-state index is -0.545. The molecule has 0 amide bonds. The van der Waals surface area contributed by atoms with Crippen LogP contribution in [-0.2, 0) is 14.3 Å². The molecule has 2 aromatic heterocycles. The number of halogens is 1. The van der Waals surface area contributed by atoms with E-state index in [1.165, 1.54) is 11.3 Å². The SMILES string of the molecule is CC(C)(Br)CCOC(c1scnc1-c1cccs1)C(OC=O)c1ccccc1. The van der Waals surface area contributed by atoms with E-state index in [9.17, 15) is 4.79 Å². The number of carbonyl (C=O) groups excluding carboxylic acids is 1. The molecular weight excluding hydrogens is 458 g/mol. The van der Waals surface area contributed by atoms with Crippen LogP contribution in [0.5, 0.6) is 0 Å². The summed E-state index contributed by atoms with van der Waals surface area (Å²) in [4.78, 5) is 17.9. The van der Waals surface area contributed by atoms with Gasteiger partial charge in [0.2, 0.25) is 0 Å². The van der Waals surface area contributed by atoms with E-state index in [4.69, 9.17) is 9.47 Å². The molecule has 0 saturated carbocycles. The molecule has 0 radical (unpaired) electrons. The van der Waals surface area contributed by atoms with Crippen molar-refractivity contribution >= 4 is 45.1 Å². The molecule has 0 N–H and O–H groups in total. The van der Waals surface area contributed by atoms with Gasteiger partial charge in [-0.3, -0.25) is 4.79 Å². The van der Waals surface area contributed by atoms with Crippen LogP contribution < -0.4 is 0 Å². The second-order valence-electron chi connectivity index (χ2n) is 6.87. The average molecular weight is 480 g/mol. The summed E-state index contributed by atoms with van der Waals surface area (Å²) in [6, 6.07) is 13.7. The van der Waals surface area contributed by atoms with E-state index in [0.29, 0.717) is 13.1 Å². The highest BCUT2D eigenvalue weighted by atomic mass is 79.9. The summed E-state index contributed by atoms with van der Waals surface area (Å²) in [7, 11) is 0. The lowest BCUT2D eigenvalue weighted by Gasteiger charge is -2.27. The number of hydrogen-bond donors (Lipinski definition) is 0. The van der Waals surface area contributed by atoms with Crippen LogP contribution in [0.15, 0.2) is 53.4 Å². The third-order valence-electron chi connectivity index (χ3n) is 4.21. The van der Waals surface area contributed by atoms with Crippen molar-refractivity contribution in [2.75, 3.05) is 6.61 Å². The van der Waals surface area contributed by atoms with Crippen molar-refractivity contribution < 1.29 is 14.3 Å². The predicted octanol–water partition coefficient (Wildman–Crippen LogP) is 6.41. The standard InChI is InChI=1S/C21H22BrNO3S2/c1-21(2,22)10-11-25-19(18(26-14-24)15-7-4-3-5-8-15)20-17(23-13-28-20)16-9-6-12-27-16/h3-9,12-14,18-19H,10-11H2,1-2H3. The normalized spacial score (nSPS) is 13.8. The zero-order chi connectivity index (χ0) is 20.0. The first kappa shape index (κ1) is 21.2. The number of nitrogens with zero attached hydrogens (tertiary/aromatic N) is 1. The van der Waals surface area contributed by atoms with Gasteiger partial charge >= 0.3 is 0 Å². The molecule has 1 aromatic carbocycles. The fourth-order valence-electron chi connectivity index (χ4n) is 2.81. The number of thiophene rings is 1. The van der Waals surface area contributed by atoms with Gasteiger partial charge in [0.15, 0.2) is 6.10 Å². The van der Waals surface area contributed by atoms with Gasteiger partial charge in [0.1, 0.15) is 6.10 Å². The van der Waals surface area contributed by atoms with Gasteiger partial charge in [-0.05, 0) is 37.3 Å². The average Bonchev–Trinajstić information content (AvgIpc) is 3.35. The molecule has 2 heterocycles. The summed E-state index contributed by atoms with van der Waals surface area (Å²) in [5.41, 5.74) is 3.60. The molecule has 0 aliphatic carbocycles. The largest absolute Gasteiger partial charge is 0.456 e. The van der Waals surface area contributed by atoms with E-state index in [-0.39, 0.29) is 4.32 Å². The van der Waals surface area contributed by atoms with Gasteiger partial charge in [-0.15, -0.1) is 22.7 Å². The van der Waals surface area contributed by atoms with Crippen molar-refractivity contribution in [2.24, 2.45) is 0 Å². The first-order valence-electron chi connectivity index (χ1n) is 8.91. The van der Waals surface area contributed by atoms with Gasteiger partial charge in [-0.25, -0.2) is 4.98 Å². The van der Waals surface area contributed by atoms with Crippen molar-refractivity contribution in [1.82, 2.24) is 4.98 Å². The molecular formula is C21H22BrNO3S2. The Bertz CT molecular complexity index is 859. The Balaban J connectivity index is 1.97. The molecule has 2 unspecified atom stereocenters. The Morgan fingerprint density at radius 3 is 2.57 bits per heavy atom. The molecule has 0 fully saturated rings. The maximum atomic E-state index is 11.3. The zero-order valence-corrected chi connectivity index (χ0v) is 18.9. The highest BCUT2D eigenvalue weighted by Crippen LogP contribution is 2.42. The highest BCUT2D eigenvalue weighted by Gasteiger charge is 2.32. The van der Waals surface area contributed by atoms with Crippen LogP contribution in [0.4, 0.5) is 0 Å². The second kappa shape index (κ2) is 9.78. The van der Waals surface area contributed by atoms with Gasteiger partial charge in [0.05, 0.1) is 21.0 Å². The monoisotopic (exact) mass is 479 g/mol. The lowest BCUT2D eigenvalue weighted by Crippen LogP contribution is -2.20. The van der Waals surface area contributed by atoms with Crippen molar-refractivity contribution in [3.05, 3.63) is 63.8 Å². The second-order valence-corrected chi connectivity index (χ2v) is 10.8. The Labute approximate surface area is 181 Å². The Hall–Kier alpha value is -1.54. The quantitative estimate of drug-likeness (QED) is 0.249. The summed E-state index contributed by atoms with van der Waals surface area (Å²) in [5, 5.41) is 2.03. The van der Waals surface area contributed by atoms with Gasteiger partial charge in [-0.1, -0.05) is 52.3 Å². The topological polar surface area (TPSA) is 48.4 Å². The van der Waals surface area contributed by atoms with Crippen LogP contribution in [-0.4, -0.2) is 22.4 Å². The fraction of sp³-hybridized carbons (Fsp3) is 0.333. The van der Waals surface area contributed by atoms with E-state index in [0.717, 1.165) is 27.4 Å². The van der Waals surface area contributed by atoms with Crippen LogP contribution >= 0.6 is 38.6 Å². The lowest BCUT2D eigenvalue weighted by atomic mass is 10.0. The number of thiazole rings is 1. The van der Waals surface area contributed by atoms with Gasteiger partial charge in [0.25, 0.3) is 6.47 Å². The number of hydrogen-bond acceptors (Lipinski definition) is 6. The van der Waals surface area contributed by atoms with E-state index >= 15 is 0 Å². The molecule has 7 heteroatoms. The van der Waals surface area contributed by atoms with Crippen molar-refractivity contribution in [1.29, 1.82) is 0 Å². The molecule has 0 aliphatic heterocycles. The van der Waals surface area contributed by atoms with Crippen LogP contribution in [0.25, 0.3) is 10.6 Å². The zero-order valence-electron chi connectivity index (χ0n) is 15.7. The van der Waals surface area contributed by atoms with E-state index in [1.807, 2.05) is 53.4 Å². The molecule has 2 atom stereocenters. The minimum absolute atomic E-state index is 0.0322. The Morgan fingerprint density at radius 2 is 1.93 bits per heavy atom. The first-order chi connectivity index (χ1) is 13.5. The number of alkyl halides is 1. The molecule has 0 saturated heterocycles. The van der Waals surface area contributed by atoms with Gasteiger partial charge in [-0.2, -0.15) is 0 Å². The van der Waals surface area contributed by atoms with Crippen LogP contribution in [0.2, 0.25) is 0 Å². The number of aromatic nitrogens is 1. The number of rotatable bonds is 10. The number of benzene rings is 1. The summed E-state index contributed by atoms with van der Waals surface area (Å²) >= 11 is 6.82. The smallest absolute Gasteiger partial charge is 0.293 e. The Morgan fingerprint density at radius 1 is 1.14 bits per heavy atom. The molecule has 0 spiro atoms. The van der Waals surface area contributed by atoms with Crippen LogP contribution in [0.3, 0.4) is 0 Å². The lowest BCUT2D eigenvalue weighted by molar-refractivity contribution is -0.143. The molecule has 3 aromatic rings. The summed E-state index contributed by atoms with van der Waals surface area (Å²) in [6.45, 7) is 5.22. The summed E-state index contributed by atoms with van der Waals surface area (Å²) in [6.07, 6.45) is -0.164. The maximum absolute atomic E-state index is 11.3. The van der Waals surface area contributed by atoms with Crippen LogP contribution in [0, 0.1) is 0 Å². The van der Waals surface area contributed by atoms with Crippen LogP contribution in [0.1, 0.15) is 42.9 Å². The van der Waals surface area contributed by atoms with Crippen molar-refractivity contribution in [3.63, 3.8) is 0 Å². The van der Waals surface area contributed by atoms with Gasteiger partial charge < -0.3 is 9.47 Å². The van der Waals surface area contributed by atoms with E-state index < -0.39 is 12.2 Å². The number of ether oxygens (including phenoxy) is 2. The Kier molecular flexibility index (Phi) is 7.40. The number of carbonyl (C=O) groups is 1. The van der Waals surface area contributed by atoms with E-state index in [2.05, 4.69) is 34.8 Å². The molecule has 28 heavy (non-hydrogen) atoms. The van der Waals surface area contributed by atoms with Gasteiger partial charge in [0, 0.05) is 10.9 Å². The van der Waals surface area contributed by atoms with E-state index in [1.54, 1.807) is 11.3 Å². The highest BCUT2D eigenvalue weighted by molar-refractivity contribution is 9.10. The minimum Gasteiger partial charge on any atom is -0.456 e. The summed E-state index contributed by atoms with van der Waals surface area (Å²) in [5.74, 6) is 0. The van der Waals surface area contributed by atoms with Crippen molar-refractivity contribution in [2.45, 2.75) is 36.8 Å². The van der Waals surface area contributed by atoms with Crippen molar-refractivity contribution in [3.8, 4) is 10.6 Å². The summed E-state index contributed by atoms with van der Waals surface area (Å²) < 4.78 is 11.8. The predicted molar refractivity (Wildman–Crippen MR) is 118 cm³/mol. The molecule has 0 bridgehead atoms. The third-order valence-corrected chi connectivity index (χ3v) is 6.37. The maximum Gasteiger partial charge on any atom is 0.293 e. The molecule has 3 rings (SSSR count). The molecule has 148 valence electrons. The third kappa shape index (κ3) is 5.50. The first-order valence-corrected chi connectivity index (χ1v) is 11.5. The molecule has 0 aliphatic rings. The fourth-order valence-corrected chi connectivity index (χ4v) is 4.65. The molecule has 4 nitrogen and oxygen atoms in total.